The van der Waals surface area contributed by atoms with Crippen LogP contribution in [0.15, 0.2) is 41.3 Å². The molecule has 0 fully saturated rings. The Bertz CT molecular complexity index is 1230. The minimum Gasteiger partial charge on any atom is -0.452 e. The molecular formula is C22H28N4O5S2. The summed E-state index contributed by atoms with van der Waals surface area (Å²) in [5.41, 5.74) is 3.94. The average molecular weight is 493 g/mol. The van der Waals surface area contributed by atoms with Gasteiger partial charge < -0.3 is 14.8 Å². The molecule has 3 aromatic rings. The van der Waals surface area contributed by atoms with Crippen LogP contribution < -0.4 is 0 Å². The van der Waals surface area contributed by atoms with Crippen LogP contribution in [0.4, 0.5) is 0 Å². The molecule has 178 valence electrons. The van der Waals surface area contributed by atoms with Crippen LogP contribution in [-0.4, -0.2) is 64.4 Å². The Balaban J connectivity index is 1.87. The number of aryl methyl sites for hydroxylation is 1. The third-order valence-electron chi connectivity index (χ3n) is 4.94. The van der Waals surface area contributed by atoms with Crippen LogP contribution in [0.25, 0.3) is 22.6 Å². The molecule has 0 saturated carbocycles. The molecule has 0 aliphatic heterocycles. The second-order valence-corrected chi connectivity index (χ2v) is 11.0. The molecule has 0 aliphatic rings. The molecular weight excluding hydrogens is 464 g/mol. The number of carbonyl (C=O) groups excluding carboxylic acids is 1. The molecule has 9 nitrogen and oxygen atoms in total. The highest BCUT2D eigenvalue weighted by molar-refractivity contribution is 7.96. The van der Waals surface area contributed by atoms with Gasteiger partial charge in [-0.05, 0) is 68.4 Å². The summed E-state index contributed by atoms with van der Waals surface area (Å²) in [5.74, 6) is -0.225. The molecule has 0 amide bonds. The van der Waals surface area contributed by atoms with Gasteiger partial charge in [-0.25, -0.2) is 8.42 Å². The van der Waals surface area contributed by atoms with Gasteiger partial charge in [0.2, 0.25) is 0 Å². The van der Waals surface area contributed by atoms with Crippen LogP contribution in [0, 0.1) is 6.92 Å². The lowest BCUT2D eigenvalue weighted by molar-refractivity contribution is -0.142. The van der Waals surface area contributed by atoms with E-state index in [0.29, 0.717) is 22.5 Å². The predicted molar refractivity (Wildman–Crippen MR) is 128 cm³/mol. The third-order valence-corrected chi connectivity index (χ3v) is 7.49. The van der Waals surface area contributed by atoms with Gasteiger partial charge in [-0.2, -0.15) is 5.10 Å². The summed E-state index contributed by atoms with van der Waals surface area (Å²) in [6.45, 7) is 3.03. The summed E-state index contributed by atoms with van der Waals surface area (Å²) in [4.78, 5) is 15.6. The second kappa shape index (κ2) is 10.6. The van der Waals surface area contributed by atoms with E-state index in [9.17, 15) is 18.3 Å². The fraction of sp³-hybridized carbons (Fsp3) is 0.364. The molecule has 33 heavy (non-hydrogen) atoms. The number of H-pyrrole nitrogens is 1. The van der Waals surface area contributed by atoms with Gasteiger partial charge in [0, 0.05) is 5.69 Å². The number of ether oxygens (including phenoxy) is 1. The lowest BCUT2D eigenvalue weighted by Gasteiger charge is -2.10. The quantitative estimate of drug-likeness (QED) is 0.252. The monoisotopic (exact) mass is 492 g/mol. The number of aromatic amines is 1. The summed E-state index contributed by atoms with van der Waals surface area (Å²) >= 11 is 1.38. The van der Waals surface area contributed by atoms with Crippen molar-refractivity contribution < 1.29 is 23.1 Å². The van der Waals surface area contributed by atoms with Crippen LogP contribution in [-0.2, 0) is 32.5 Å². The second-order valence-electron chi connectivity index (χ2n) is 7.57. The third kappa shape index (κ3) is 6.05. The van der Waals surface area contributed by atoms with Crippen molar-refractivity contribution in [2.45, 2.75) is 31.9 Å². The molecule has 2 aromatic heterocycles. The Hall–Kier alpha value is -2.60. The lowest BCUT2D eigenvalue weighted by atomic mass is 10.1. The van der Waals surface area contributed by atoms with Crippen LogP contribution in [0.2, 0.25) is 0 Å². The zero-order chi connectivity index (χ0) is 24.2. The first-order valence-electron chi connectivity index (χ1n) is 10.3. The number of carbonyl (C=O) groups is 1. The molecule has 2 heterocycles. The summed E-state index contributed by atoms with van der Waals surface area (Å²) in [5, 5.41) is 14.0. The zero-order valence-corrected chi connectivity index (χ0v) is 20.7. The highest BCUT2D eigenvalue weighted by Gasteiger charge is 2.19. The number of sulfone groups is 1. The van der Waals surface area contributed by atoms with Gasteiger partial charge >= 0.3 is 5.97 Å². The Kier molecular flexibility index (Phi) is 8.01. The highest BCUT2D eigenvalue weighted by Crippen LogP contribution is 2.29. The van der Waals surface area contributed by atoms with Crippen molar-refractivity contribution >= 4 is 27.8 Å². The first kappa shape index (κ1) is 25.0. The molecule has 0 atom stereocenters. The van der Waals surface area contributed by atoms with Crippen molar-refractivity contribution in [2.24, 2.45) is 0 Å². The number of hydrogen-bond acceptors (Lipinski definition) is 8. The van der Waals surface area contributed by atoms with E-state index in [1.54, 1.807) is 29.8 Å². The van der Waals surface area contributed by atoms with Crippen LogP contribution in [0.1, 0.15) is 18.2 Å². The molecule has 0 radical (unpaired) electrons. The Labute approximate surface area is 197 Å². The first-order valence-corrected chi connectivity index (χ1v) is 12.9. The van der Waals surface area contributed by atoms with E-state index < -0.39 is 15.8 Å². The van der Waals surface area contributed by atoms with Gasteiger partial charge in [0.25, 0.3) is 0 Å². The topological polar surface area (TPSA) is 118 Å². The summed E-state index contributed by atoms with van der Waals surface area (Å²) in [7, 11) is 0.248. The van der Waals surface area contributed by atoms with Gasteiger partial charge in [0.1, 0.15) is 6.54 Å². The summed E-state index contributed by atoms with van der Waals surface area (Å²) in [6, 6.07) is 10.5. The molecule has 2 N–H and O–H groups in total. The van der Waals surface area contributed by atoms with Crippen LogP contribution in [0.5, 0.6) is 0 Å². The number of aliphatic hydroxyl groups is 1. The van der Waals surface area contributed by atoms with Gasteiger partial charge in [-0.1, -0.05) is 19.1 Å². The minimum atomic E-state index is -3.49. The Morgan fingerprint density at radius 3 is 2.61 bits per heavy atom. The van der Waals surface area contributed by atoms with E-state index in [1.807, 2.05) is 43.5 Å². The lowest BCUT2D eigenvalue weighted by Crippen LogP contribution is -2.16. The summed E-state index contributed by atoms with van der Waals surface area (Å²) < 4.78 is 33.6. The Morgan fingerprint density at radius 1 is 1.21 bits per heavy atom. The van der Waals surface area contributed by atoms with Crippen LogP contribution >= 0.6 is 11.9 Å². The predicted octanol–water partition coefficient (Wildman–Crippen LogP) is 2.85. The molecule has 0 bridgehead atoms. The maximum atomic E-state index is 12.5. The van der Waals surface area contributed by atoms with E-state index in [4.69, 9.17) is 4.74 Å². The van der Waals surface area contributed by atoms with E-state index >= 15 is 0 Å². The van der Waals surface area contributed by atoms with E-state index in [-0.39, 0.29) is 29.7 Å². The highest BCUT2D eigenvalue weighted by atomic mass is 32.2. The molecule has 0 spiro atoms. The SMILES string of the molecule is CCS(=O)(=O)c1cc(-c2ccc(-c3cc(C)nn3CC(=O)OCSN(C)C)[nH]2)ccc1CO. The fourth-order valence-corrected chi connectivity index (χ4v) is 4.80. The van der Waals surface area contributed by atoms with Gasteiger partial charge in [-0.3, -0.25) is 13.8 Å². The van der Waals surface area contributed by atoms with Crippen molar-refractivity contribution in [2.75, 3.05) is 25.8 Å². The van der Waals surface area contributed by atoms with E-state index in [2.05, 4.69) is 10.1 Å². The van der Waals surface area contributed by atoms with Crippen molar-refractivity contribution in [1.29, 1.82) is 0 Å². The maximum Gasteiger partial charge on any atom is 0.328 e. The van der Waals surface area contributed by atoms with Crippen molar-refractivity contribution in [1.82, 2.24) is 19.1 Å². The van der Waals surface area contributed by atoms with Crippen LogP contribution in [0.3, 0.4) is 0 Å². The molecule has 0 aliphatic carbocycles. The minimum absolute atomic E-state index is 0.0321. The number of aliphatic hydroxyl groups excluding tert-OH is 1. The standard InChI is InChI=1S/C22H28N4O5S2/c1-5-33(29,30)21-11-16(6-7-17(21)13-27)18-8-9-19(23-18)20-10-15(2)24-26(20)12-22(28)31-14-32-25(3)4/h6-11,23,27H,5,12-14H2,1-4H3. The average Bonchev–Trinajstić information content (AvgIpc) is 3.39. The number of nitrogens with one attached hydrogen (secondary N) is 1. The van der Waals surface area contributed by atoms with Gasteiger partial charge in [0.05, 0.1) is 34.3 Å². The molecule has 0 unspecified atom stereocenters. The summed E-state index contributed by atoms with van der Waals surface area (Å²) in [6.07, 6.45) is 0. The normalized spacial score (nSPS) is 11.8. The molecule has 0 saturated heterocycles. The van der Waals surface area contributed by atoms with Gasteiger partial charge in [0.15, 0.2) is 15.8 Å². The number of benzene rings is 1. The van der Waals surface area contributed by atoms with Crippen molar-refractivity contribution in [3.63, 3.8) is 0 Å². The number of nitrogens with zero attached hydrogens (tertiary/aromatic N) is 3. The van der Waals surface area contributed by atoms with E-state index in [0.717, 1.165) is 11.4 Å². The Morgan fingerprint density at radius 2 is 1.94 bits per heavy atom. The van der Waals surface area contributed by atoms with Crippen molar-refractivity contribution in [3.8, 4) is 22.6 Å². The number of rotatable bonds is 10. The fourth-order valence-electron chi connectivity index (χ4n) is 3.26. The molecule has 1 aromatic carbocycles. The number of esters is 1. The maximum absolute atomic E-state index is 12.5. The zero-order valence-electron chi connectivity index (χ0n) is 19.0. The van der Waals surface area contributed by atoms with Crippen molar-refractivity contribution in [3.05, 3.63) is 47.7 Å². The van der Waals surface area contributed by atoms with Gasteiger partial charge in [-0.15, -0.1) is 0 Å². The first-order chi connectivity index (χ1) is 15.6. The number of hydrogen-bond donors (Lipinski definition) is 2. The largest absolute Gasteiger partial charge is 0.452 e. The van der Waals surface area contributed by atoms with E-state index in [1.165, 1.54) is 11.9 Å². The smallest absolute Gasteiger partial charge is 0.328 e. The number of aromatic nitrogens is 3. The molecule has 3 rings (SSSR count). The molecule has 11 heteroatoms.